The van der Waals surface area contributed by atoms with Crippen molar-refractivity contribution >= 4 is 17.6 Å². The number of anilines is 1. The van der Waals surface area contributed by atoms with E-state index >= 15 is 0 Å². The molecule has 2 aliphatic rings. The average molecular weight is 379 g/mol. The molecule has 7 nitrogen and oxygen atoms in total. The summed E-state index contributed by atoms with van der Waals surface area (Å²) >= 11 is 0. The Balaban J connectivity index is 1.40. The van der Waals surface area contributed by atoms with Gasteiger partial charge in [0.05, 0.1) is 12.2 Å². The van der Waals surface area contributed by atoms with Crippen molar-refractivity contribution in [2.45, 2.75) is 32.2 Å². The van der Waals surface area contributed by atoms with Gasteiger partial charge in [0.25, 0.3) is 5.91 Å². The maximum absolute atomic E-state index is 12.8. The summed E-state index contributed by atoms with van der Waals surface area (Å²) in [6, 6.07) is 9.11. The van der Waals surface area contributed by atoms with Crippen LogP contribution in [0, 0.1) is 5.41 Å². The maximum Gasteiger partial charge on any atom is 0.254 e. The molecule has 0 saturated carbocycles. The van der Waals surface area contributed by atoms with E-state index in [2.05, 4.69) is 9.97 Å². The van der Waals surface area contributed by atoms with Crippen molar-refractivity contribution < 1.29 is 9.59 Å². The zero-order chi connectivity index (χ0) is 19.6. The summed E-state index contributed by atoms with van der Waals surface area (Å²) < 4.78 is 0. The van der Waals surface area contributed by atoms with Gasteiger partial charge < -0.3 is 15.5 Å². The van der Waals surface area contributed by atoms with Crippen LogP contribution in [0.4, 0.5) is 5.82 Å². The third-order valence-electron chi connectivity index (χ3n) is 5.97. The Morgan fingerprint density at radius 3 is 2.64 bits per heavy atom. The molecular weight excluding hydrogens is 354 g/mol. The van der Waals surface area contributed by atoms with E-state index in [1.54, 1.807) is 24.5 Å². The Kier molecular flexibility index (Phi) is 4.98. The predicted molar refractivity (Wildman–Crippen MR) is 105 cm³/mol. The SMILES string of the molecule is Nc1cc(C(=O)N2CCC3(CCC(=O)N(Cc4ccccn4)C3)CC2)ccn1. The Labute approximate surface area is 164 Å². The quantitative estimate of drug-likeness (QED) is 0.882. The molecular formula is C21H25N5O2. The lowest BCUT2D eigenvalue weighted by Crippen LogP contribution is -2.52. The van der Waals surface area contributed by atoms with E-state index in [9.17, 15) is 9.59 Å². The molecule has 2 N–H and O–H groups in total. The third kappa shape index (κ3) is 3.83. The number of amides is 2. The van der Waals surface area contributed by atoms with Gasteiger partial charge in [0, 0.05) is 44.0 Å². The number of hydrogen-bond acceptors (Lipinski definition) is 5. The Morgan fingerprint density at radius 2 is 1.93 bits per heavy atom. The van der Waals surface area contributed by atoms with E-state index < -0.39 is 0 Å². The summed E-state index contributed by atoms with van der Waals surface area (Å²) in [5.74, 6) is 0.554. The Hall–Kier alpha value is -2.96. The van der Waals surface area contributed by atoms with Crippen molar-refractivity contribution in [1.29, 1.82) is 0 Å². The number of hydrogen-bond donors (Lipinski definition) is 1. The summed E-state index contributed by atoms with van der Waals surface area (Å²) in [6.07, 6.45) is 6.61. The molecule has 28 heavy (non-hydrogen) atoms. The summed E-state index contributed by atoms with van der Waals surface area (Å²) in [6.45, 7) is 2.70. The molecule has 2 amide bonds. The molecule has 2 fully saturated rings. The van der Waals surface area contributed by atoms with E-state index in [-0.39, 0.29) is 17.2 Å². The molecule has 0 bridgehead atoms. The molecule has 0 atom stereocenters. The van der Waals surface area contributed by atoms with Crippen molar-refractivity contribution in [2.75, 3.05) is 25.4 Å². The highest BCUT2D eigenvalue weighted by atomic mass is 16.2. The van der Waals surface area contributed by atoms with E-state index in [0.29, 0.717) is 37.4 Å². The number of nitrogen functional groups attached to an aromatic ring is 1. The van der Waals surface area contributed by atoms with Gasteiger partial charge in [0.15, 0.2) is 0 Å². The molecule has 2 saturated heterocycles. The second kappa shape index (κ2) is 7.58. The van der Waals surface area contributed by atoms with Gasteiger partial charge in [-0.05, 0) is 48.9 Å². The van der Waals surface area contributed by atoms with Gasteiger partial charge in [-0.1, -0.05) is 6.07 Å². The second-order valence-electron chi connectivity index (χ2n) is 7.83. The molecule has 146 valence electrons. The van der Waals surface area contributed by atoms with Crippen molar-refractivity contribution in [3.8, 4) is 0 Å². The van der Waals surface area contributed by atoms with Gasteiger partial charge in [-0.25, -0.2) is 4.98 Å². The molecule has 2 aliphatic heterocycles. The summed E-state index contributed by atoms with van der Waals surface area (Å²) in [4.78, 5) is 37.3. The third-order valence-corrected chi connectivity index (χ3v) is 5.97. The minimum atomic E-state index is 0.00109. The van der Waals surface area contributed by atoms with Gasteiger partial charge in [-0.15, -0.1) is 0 Å². The minimum absolute atomic E-state index is 0.00109. The number of piperidine rings is 2. The second-order valence-corrected chi connectivity index (χ2v) is 7.83. The van der Waals surface area contributed by atoms with Gasteiger partial charge in [-0.3, -0.25) is 14.6 Å². The van der Waals surface area contributed by atoms with Crippen LogP contribution in [-0.2, 0) is 11.3 Å². The first kappa shape index (κ1) is 18.4. The average Bonchev–Trinajstić information content (AvgIpc) is 2.72. The van der Waals surface area contributed by atoms with Crippen molar-refractivity contribution in [1.82, 2.24) is 19.8 Å². The van der Waals surface area contributed by atoms with Crippen LogP contribution >= 0.6 is 0 Å². The molecule has 0 aliphatic carbocycles. The van der Waals surface area contributed by atoms with Crippen molar-refractivity contribution in [2.24, 2.45) is 5.41 Å². The molecule has 2 aromatic heterocycles. The molecule has 0 aromatic carbocycles. The van der Waals surface area contributed by atoms with Gasteiger partial charge in [0.1, 0.15) is 5.82 Å². The van der Waals surface area contributed by atoms with Crippen molar-refractivity contribution in [3.63, 3.8) is 0 Å². The van der Waals surface area contributed by atoms with Crippen LogP contribution in [0.25, 0.3) is 0 Å². The Bertz CT molecular complexity index is 862. The largest absolute Gasteiger partial charge is 0.384 e. The molecule has 4 rings (SSSR count). The zero-order valence-electron chi connectivity index (χ0n) is 15.9. The van der Waals surface area contributed by atoms with E-state index in [1.165, 1.54) is 0 Å². The summed E-state index contributed by atoms with van der Waals surface area (Å²) in [7, 11) is 0. The number of carbonyl (C=O) groups is 2. The fourth-order valence-electron chi connectivity index (χ4n) is 4.29. The monoisotopic (exact) mass is 379 g/mol. The molecule has 0 radical (unpaired) electrons. The van der Waals surface area contributed by atoms with E-state index in [4.69, 9.17) is 5.73 Å². The number of nitrogens with two attached hydrogens (primary N) is 1. The highest BCUT2D eigenvalue weighted by molar-refractivity contribution is 5.94. The lowest BCUT2D eigenvalue weighted by molar-refractivity contribution is -0.139. The number of pyridine rings is 2. The van der Waals surface area contributed by atoms with Gasteiger partial charge in [-0.2, -0.15) is 0 Å². The van der Waals surface area contributed by atoms with E-state index in [0.717, 1.165) is 31.5 Å². The standard InChI is InChI=1S/C21H25N5O2/c22-18-13-16(5-10-24-18)20(28)25-11-7-21(8-12-25)6-4-19(27)26(15-21)14-17-3-1-2-9-23-17/h1-3,5,9-10,13H,4,6-8,11-12,14-15H2,(H2,22,24). The van der Waals surface area contributed by atoms with Crippen LogP contribution in [0.3, 0.4) is 0 Å². The lowest BCUT2D eigenvalue weighted by Gasteiger charge is -2.47. The first-order valence-electron chi connectivity index (χ1n) is 9.73. The van der Waals surface area contributed by atoms with Crippen LogP contribution in [0.5, 0.6) is 0 Å². The maximum atomic E-state index is 12.8. The fraction of sp³-hybridized carbons (Fsp3) is 0.429. The number of nitrogens with zero attached hydrogens (tertiary/aromatic N) is 4. The predicted octanol–water partition coefficient (Wildman–Crippen LogP) is 2.10. The number of carbonyl (C=O) groups excluding carboxylic acids is 2. The van der Waals surface area contributed by atoms with Gasteiger partial charge >= 0.3 is 0 Å². The number of rotatable bonds is 3. The van der Waals surface area contributed by atoms with Crippen LogP contribution in [0.15, 0.2) is 42.7 Å². The summed E-state index contributed by atoms with van der Waals surface area (Å²) in [5, 5.41) is 0. The normalized spacial score (nSPS) is 19.1. The number of aromatic nitrogens is 2. The molecule has 1 spiro atoms. The summed E-state index contributed by atoms with van der Waals surface area (Å²) in [5.41, 5.74) is 7.29. The van der Waals surface area contributed by atoms with Crippen LogP contribution in [0.1, 0.15) is 41.7 Å². The van der Waals surface area contributed by atoms with E-state index in [1.807, 2.05) is 28.0 Å². The first-order valence-corrected chi connectivity index (χ1v) is 9.73. The number of likely N-dealkylation sites (tertiary alicyclic amines) is 2. The first-order chi connectivity index (χ1) is 13.5. The highest BCUT2D eigenvalue weighted by Gasteiger charge is 2.41. The highest BCUT2D eigenvalue weighted by Crippen LogP contribution is 2.40. The minimum Gasteiger partial charge on any atom is -0.384 e. The molecule has 4 heterocycles. The zero-order valence-corrected chi connectivity index (χ0v) is 15.9. The lowest BCUT2D eigenvalue weighted by atomic mass is 9.72. The van der Waals surface area contributed by atoms with Crippen molar-refractivity contribution in [3.05, 3.63) is 54.0 Å². The molecule has 2 aromatic rings. The van der Waals surface area contributed by atoms with Crippen LogP contribution < -0.4 is 5.73 Å². The Morgan fingerprint density at radius 1 is 1.11 bits per heavy atom. The molecule has 7 heteroatoms. The topological polar surface area (TPSA) is 92.4 Å². The fourth-order valence-corrected chi connectivity index (χ4v) is 4.29. The van der Waals surface area contributed by atoms with Gasteiger partial charge in [0.2, 0.25) is 5.91 Å². The molecule has 0 unspecified atom stereocenters. The van der Waals surface area contributed by atoms with Crippen LogP contribution in [0.2, 0.25) is 0 Å². The smallest absolute Gasteiger partial charge is 0.254 e. The van der Waals surface area contributed by atoms with Crippen LogP contribution in [-0.4, -0.2) is 51.2 Å².